The lowest BCUT2D eigenvalue weighted by Crippen LogP contribution is -2.23. The first-order valence-corrected chi connectivity index (χ1v) is 6.96. The average molecular weight is 300 g/mol. The van der Waals surface area contributed by atoms with E-state index >= 15 is 0 Å². The van der Waals surface area contributed by atoms with Crippen molar-refractivity contribution in [1.82, 2.24) is 14.3 Å². The Kier molecular flexibility index (Phi) is 3.62. The predicted octanol–water partition coefficient (Wildman–Crippen LogP) is 2.95. The van der Waals surface area contributed by atoms with E-state index in [1.807, 2.05) is 36.4 Å². The Hall–Kier alpha value is -2.33. The van der Waals surface area contributed by atoms with Crippen LogP contribution >= 0.6 is 11.6 Å². The lowest BCUT2D eigenvalue weighted by atomic mass is 10.0. The Morgan fingerprint density at radius 2 is 1.76 bits per heavy atom. The molecule has 0 N–H and O–H groups in total. The maximum atomic E-state index is 11.9. The normalized spacial score (nSPS) is 10.8. The fourth-order valence-electron chi connectivity index (χ4n) is 2.27. The molecule has 3 aromatic rings. The minimum atomic E-state index is -0.217. The smallest absolute Gasteiger partial charge is 0.261 e. The fraction of sp³-hybridized carbons (Fsp3) is 0.125. The van der Waals surface area contributed by atoms with Crippen LogP contribution in [0.25, 0.3) is 11.1 Å². The van der Waals surface area contributed by atoms with Gasteiger partial charge in [-0.2, -0.15) is 0 Å². The molecule has 4 nitrogen and oxygen atoms in total. The Bertz CT molecular complexity index is 821. The number of hydrogen-bond acceptors (Lipinski definition) is 2. The van der Waals surface area contributed by atoms with Crippen LogP contribution in [0.4, 0.5) is 0 Å². The lowest BCUT2D eigenvalue weighted by molar-refractivity contribution is 0.691. The SMILES string of the molecule is Cn1nc(Cl)n(Cc2cccc(-c3ccccc3)c2)c1=O. The van der Waals surface area contributed by atoms with Crippen molar-refractivity contribution in [2.45, 2.75) is 6.54 Å². The van der Waals surface area contributed by atoms with E-state index in [9.17, 15) is 4.79 Å². The van der Waals surface area contributed by atoms with Crippen LogP contribution in [-0.4, -0.2) is 14.3 Å². The summed E-state index contributed by atoms with van der Waals surface area (Å²) in [5.41, 5.74) is 3.05. The van der Waals surface area contributed by atoms with Gasteiger partial charge in [-0.15, -0.1) is 5.10 Å². The van der Waals surface area contributed by atoms with E-state index in [1.165, 1.54) is 9.25 Å². The monoisotopic (exact) mass is 299 g/mol. The minimum Gasteiger partial charge on any atom is -0.261 e. The van der Waals surface area contributed by atoms with Gasteiger partial charge in [0, 0.05) is 7.05 Å². The zero-order valence-corrected chi connectivity index (χ0v) is 12.3. The van der Waals surface area contributed by atoms with Gasteiger partial charge in [-0.1, -0.05) is 48.5 Å². The van der Waals surface area contributed by atoms with Gasteiger partial charge in [-0.25, -0.2) is 9.48 Å². The van der Waals surface area contributed by atoms with Crippen LogP contribution in [0.1, 0.15) is 5.56 Å². The molecule has 0 radical (unpaired) electrons. The van der Waals surface area contributed by atoms with Gasteiger partial charge in [0.15, 0.2) is 0 Å². The topological polar surface area (TPSA) is 39.8 Å². The molecule has 0 bridgehead atoms. The molecule has 0 unspecified atom stereocenters. The van der Waals surface area contributed by atoms with E-state index in [2.05, 4.69) is 23.3 Å². The third-order valence-corrected chi connectivity index (χ3v) is 3.62. The molecule has 0 aliphatic rings. The molecule has 0 saturated carbocycles. The highest BCUT2D eigenvalue weighted by molar-refractivity contribution is 6.28. The lowest BCUT2D eigenvalue weighted by Gasteiger charge is -2.06. The van der Waals surface area contributed by atoms with Gasteiger partial charge in [0.05, 0.1) is 6.54 Å². The van der Waals surface area contributed by atoms with Crippen LogP contribution < -0.4 is 5.69 Å². The number of aryl methyl sites for hydroxylation is 1. The molecule has 5 heteroatoms. The molecule has 0 fully saturated rings. The first-order valence-electron chi connectivity index (χ1n) is 6.59. The predicted molar refractivity (Wildman–Crippen MR) is 83.5 cm³/mol. The molecule has 0 atom stereocenters. The van der Waals surface area contributed by atoms with E-state index < -0.39 is 0 Å². The maximum absolute atomic E-state index is 11.9. The number of aromatic nitrogens is 3. The quantitative estimate of drug-likeness (QED) is 0.746. The van der Waals surface area contributed by atoms with Crippen LogP contribution in [-0.2, 0) is 13.6 Å². The van der Waals surface area contributed by atoms with Crippen molar-refractivity contribution >= 4 is 11.6 Å². The van der Waals surface area contributed by atoms with Crippen molar-refractivity contribution in [2.24, 2.45) is 7.05 Å². The zero-order valence-electron chi connectivity index (χ0n) is 11.5. The van der Waals surface area contributed by atoms with Gasteiger partial charge in [0.25, 0.3) is 0 Å². The van der Waals surface area contributed by atoms with Crippen molar-refractivity contribution in [3.8, 4) is 11.1 Å². The molecular weight excluding hydrogens is 286 g/mol. The molecule has 0 aliphatic carbocycles. The van der Waals surface area contributed by atoms with Gasteiger partial charge >= 0.3 is 5.69 Å². The summed E-state index contributed by atoms with van der Waals surface area (Å²) in [5.74, 6) is 0. The fourth-order valence-corrected chi connectivity index (χ4v) is 2.51. The maximum Gasteiger partial charge on any atom is 0.346 e. The molecule has 2 aromatic carbocycles. The van der Waals surface area contributed by atoms with E-state index in [4.69, 9.17) is 11.6 Å². The van der Waals surface area contributed by atoms with Gasteiger partial charge < -0.3 is 0 Å². The number of benzene rings is 2. The molecule has 0 spiro atoms. The number of halogens is 1. The summed E-state index contributed by atoms with van der Waals surface area (Å²) in [6.07, 6.45) is 0. The Morgan fingerprint density at radius 3 is 2.43 bits per heavy atom. The molecule has 106 valence electrons. The van der Waals surface area contributed by atoms with E-state index in [-0.39, 0.29) is 11.0 Å². The first kappa shape index (κ1) is 13.6. The second kappa shape index (κ2) is 5.58. The second-order valence-corrected chi connectivity index (χ2v) is 5.17. The highest BCUT2D eigenvalue weighted by Crippen LogP contribution is 2.20. The van der Waals surface area contributed by atoms with Gasteiger partial charge in [-0.3, -0.25) is 4.57 Å². The summed E-state index contributed by atoms with van der Waals surface area (Å²) < 4.78 is 2.69. The standard InChI is InChI=1S/C16H14ClN3O/c1-19-16(21)20(15(17)18-19)11-12-6-5-9-14(10-12)13-7-3-2-4-8-13/h2-10H,11H2,1H3. The molecule has 0 saturated heterocycles. The molecule has 0 aliphatic heterocycles. The average Bonchev–Trinajstić information content (AvgIpc) is 2.75. The molecule has 1 heterocycles. The summed E-state index contributed by atoms with van der Waals surface area (Å²) in [7, 11) is 1.59. The van der Waals surface area contributed by atoms with E-state index in [0.717, 1.165) is 16.7 Å². The number of rotatable bonds is 3. The highest BCUT2D eigenvalue weighted by Gasteiger charge is 2.09. The summed E-state index contributed by atoms with van der Waals surface area (Å²) in [5, 5.41) is 4.12. The van der Waals surface area contributed by atoms with Crippen LogP contribution in [0.15, 0.2) is 59.4 Å². The van der Waals surface area contributed by atoms with Gasteiger partial charge in [0.1, 0.15) is 0 Å². The van der Waals surface area contributed by atoms with Crippen molar-refractivity contribution < 1.29 is 0 Å². The summed E-state index contributed by atoms with van der Waals surface area (Å²) >= 11 is 5.99. The summed E-state index contributed by atoms with van der Waals surface area (Å²) in [6.45, 7) is 0.409. The summed E-state index contributed by atoms with van der Waals surface area (Å²) in [6, 6.07) is 18.2. The van der Waals surface area contributed by atoms with Gasteiger partial charge in [0.2, 0.25) is 5.28 Å². The molecule has 3 rings (SSSR count). The molecule has 0 amide bonds. The highest BCUT2D eigenvalue weighted by atomic mass is 35.5. The van der Waals surface area contributed by atoms with Crippen molar-refractivity contribution in [3.05, 3.63) is 75.9 Å². The third-order valence-electron chi connectivity index (χ3n) is 3.34. The zero-order chi connectivity index (χ0) is 14.8. The molecular formula is C16H14ClN3O. The van der Waals surface area contributed by atoms with Crippen LogP contribution in [0, 0.1) is 0 Å². The van der Waals surface area contributed by atoms with Crippen LogP contribution in [0.2, 0.25) is 5.28 Å². The Labute approximate surface area is 127 Å². The van der Waals surface area contributed by atoms with Crippen molar-refractivity contribution in [1.29, 1.82) is 0 Å². The minimum absolute atomic E-state index is 0.201. The van der Waals surface area contributed by atoms with E-state index in [0.29, 0.717) is 6.54 Å². The largest absolute Gasteiger partial charge is 0.346 e. The number of nitrogens with zero attached hydrogens (tertiary/aromatic N) is 3. The molecule has 21 heavy (non-hydrogen) atoms. The van der Waals surface area contributed by atoms with Crippen molar-refractivity contribution in [3.63, 3.8) is 0 Å². The van der Waals surface area contributed by atoms with Crippen LogP contribution in [0.5, 0.6) is 0 Å². The first-order chi connectivity index (χ1) is 10.1. The second-order valence-electron chi connectivity index (χ2n) is 4.83. The van der Waals surface area contributed by atoms with Gasteiger partial charge in [-0.05, 0) is 34.4 Å². The Balaban J connectivity index is 1.96. The molecule has 1 aromatic heterocycles. The van der Waals surface area contributed by atoms with Crippen LogP contribution in [0.3, 0.4) is 0 Å². The Morgan fingerprint density at radius 1 is 1.05 bits per heavy atom. The van der Waals surface area contributed by atoms with E-state index in [1.54, 1.807) is 7.05 Å². The number of hydrogen-bond donors (Lipinski definition) is 0. The summed E-state index contributed by atoms with van der Waals surface area (Å²) in [4.78, 5) is 11.9. The third kappa shape index (κ3) is 2.76. The van der Waals surface area contributed by atoms with Crippen molar-refractivity contribution in [2.75, 3.05) is 0 Å².